The van der Waals surface area contributed by atoms with E-state index in [9.17, 15) is 14.4 Å². The van der Waals surface area contributed by atoms with Gasteiger partial charge in [-0.05, 0) is 42.7 Å². The van der Waals surface area contributed by atoms with Gasteiger partial charge in [0.2, 0.25) is 0 Å². The lowest BCUT2D eigenvalue weighted by Gasteiger charge is -2.15. The van der Waals surface area contributed by atoms with Crippen LogP contribution in [0.3, 0.4) is 0 Å². The van der Waals surface area contributed by atoms with Crippen LogP contribution in [0, 0.1) is 0 Å². The molecule has 28 heavy (non-hydrogen) atoms. The quantitative estimate of drug-likeness (QED) is 0.494. The predicted octanol–water partition coefficient (Wildman–Crippen LogP) is 0.860. The summed E-state index contributed by atoms with van der Waals surface area (Å²) in [6.45, 7) is 0.320. The van der Waals surface area contributed by atoms with Crippen molar-refractivity contribution < 1.29 is 19.3 Å². The molecule has 7 nitrogen and oxygen atoms in total. The Bertz CT molecular complexity index is 840. The Morgan fingerprint density at radius 1 is 0.929 bits per heavy atom. The maximum atomic E-state index is 12.2. The average molecular weight is 402 g/mol. The van der Waals surface area contributed by atoms with Crippen molar-refractivity contribution in [3.63, 3.8) is 0 Å². The number of amides is 3. The molecular weight excluding hydrogens is 376 g/mol. The summed E-state index contributed by atoms with van der Waals surface area (Å²) in [5.41, 5.74) is 1.89. The zero-order chi connectivity index (χ0) is 20.5. The number of thioether (sulfide) groups is 1. The Morgan fingerprint density at radius 2 is 1.54 bits per heavy atom. The summed E-state index contributed by atoms with van der Waals surface area (Å²) in [4.78, 5) is 37.7. The maximum Gasteiger partial charge on any atom is 0.279 e. The molecule has 0 heterocycles. The van der Waals surface area contributed by atoms with Gasteiger partial charge in [0.15, 0.2) is 13.1 Å². The molecule has 0 saturated heterocycles. The second-order valence-corrected chi connectivity index (χ2v) is 7.11. The molecule has 2 aromatic rings. The molecule has 0 fully saturated rings. The molecule has 0 bridgehead atoms. The van der Waals surface area contributed by atoms with E-state index in [-0.39, 0.29) is 30.8 Å². The van der Waals surface area contributed by atoms with Gasteiger partial charge in [-0.25, -0.2) is 0 Å². The molecule has 1 unspecified atom stereocenters. The number of benzene rings is 2. The lowest BCUT2D eigenvalue weighted by Crippen LogP contribution is -3.11. The molecule has 1 atom stereocenters. The highest BCUT2D eigenvalue weighted by molar-refractivity contribution is 7.98. The third kappa shape index (κ3) is 6.40. The van der Waals surface area contributed by atoms with Crippen molar-refractivity contribution in [2.24, 2.45) is 0 Å². The number of carbonyl (C=O) groups excluding carboxylic acids is 3. The van der Waals surface area contributed by atoms with E-state index < -0.39 is 0 Å². The standard InChI is InChI=1S/C20H24N4O3S/c1-21-20(27)14-8-10-15(11-9-14)22-18(25)12-24(2)13-19(26)23-16-6-4-5-7-17(16)28-3/h4-11H,12-13H2,1-3H3,(H,21,27)(H,22,25)(H,23,26)/p+1. The van der Waals surface area contributed by atoms with Gasteiger partial charge in [-0.3, -0.25) is 14.4 Å². The number of hydrogen-bond acceptors (Lipinski definition) is 4. The predicted molar refractivity (Wildman–Crippen MR) is 112 cm³/mol. The third-order valence-electron chi connectivity index (χ3n) is 3.96. The molecule has 0 aliphatic rings. The summed E-state index contributed by atoms with van der Waals surface area (Å²) in [5, 5.41) is 8.20. The zero-order valence-electron chi connectivity index (χ0n) is 16.2. The van der Waals surface area contributed by atoms with E-state index >= 15 is 0 Å². The van der Waals surface area contributed by atoms with Gasteiger partial charge >= 0.3 is 0 Å². The second-order valence-electron chi connectivity index (χ2n) is 6.26. The van der Waals surface area contributed by atoms with Gasteiger partial charge in [0.05, 0.1) is 12.7 Å². The monoisotopic (exact) mass is 401 g/mol. The Kier molecular flexibility index (Phi) is 8.03. The van der Waals surface area contributed by atoms with Crippen LogP contribution in [-0.2, 0) is 9.59 Å². The molecule has 0 aliphatic heterocycles. The molecule has 0 radical (unpaired) electrons. The van der Waals surface area contributed by atoms with Crippen LogP contribution in [0.1, 0.15) is 10.4 Å². The first-order chi connectivity index (χ1) is 13.4. The summed E-state index contributed by atoms with van der Waals surface area (Å²) in [7, 11) is 3.35. The van der Waals surface area contributed by atoms with Crippen molar-refractivity contribution >= 4 is 40.9 Å². The smallest absolute Gasteiger partial charge is 0.279 e. The Hall–Kier alpha value is -2.84. The highest BCUT2D eigenvalue weighted by Gasteiger charge is 2.15. The Morgan fingerprint density at radius 3 is 2.14 bits per heavy atom. The van der Waals surface area contributed by atoms with Crippen LogP contribution < -0.4 is 20.9 Å². The van der Waals surface area contributed by atoms with Gasteiger partial charge in [0, 0.05) is 23.2 Å². The summed E-state index contributed by atoms with van der Waals surface area (Å²) in [6.07, 6.45) is 1.95. The van der Waals surface area contributed by atoms with Crippen molar-refractivity contribution in [2.45, 2.75) is 4.90 Å². The molecule has 8 heteroatoms. The number of likely N-dealkylation sites (N-methyl/N-ethyl adjacent to an activating group) is 1. The van der Waals surface area contributed by atoms with Crippen LogP contribution in [0.15, 0.2) is 53.4 Å². The van der Waals surface area contributed by atoms with Gasteiger partial charge in [-0.15, -0.1) is 11.8 Å². The van der Waals surface area contributed by atoms with E-state index in [0.29, 0.717) is 11.3 Å². The number of rotatable bonds is 8. The first-order valence-corrected chi connectivity index (χ1v) is 10.0. The first-order valence-electron chi connectivity index (χ1n) is 8.79. The SMILES string of the molecule is CNC(=O)c1ccc(NC(=O)C[NH+](C)CC(=O)Nc2ccccc2SC)cc1. The van der Waals surface area contributed by atoms with E-state index in [2.05, 4.69) is 16.0 Å². The van der Waals surface area contributed by atoms with Gasteiger partial charge in [0.25, 0.3) is 17.7 Å². The van der Waals surface area contributed by atoms with Crippen LogP contribution >= 0.6 is 11.8 Å². The van der Waals surface area contributed by atoms with Crippen LogP contribution in [0.5, 0.6) is 0 Å². The minimum absolute atomic E-state index is 0.148. The van der Waals surface area contributed by atoms with E-state index in [1.54, 1.807) is 50.1 Å². The lowest BCUT2D eigenvalue weighted by molar-refractivity contribution is -0.862. The van der Waals surface area contributed by atoms with Gasteiger partial charge < -0.3 is 20.9 Å². The average Bonchev–Trinajstić information content (AvgIpc) is 2.68. The molecule has 0 aliphatic carbocycles. The Balaban J connectivity index is 1.83. The number of anilines is 2. The van der Waals surface area contributed by atoms with E-state index in [0.717, 1.165) is 15.5 Å². The Labute approximate surface area is 168 Å². The van der Waals surface area contributed by atoms with Crippen molar-refractivity contribution in [1.82, 2.24) is 5.32 Å². The van der Waals surface area contributed by atoms with Gasteiger partial charge in [-0.2, -0.15) is 0 Å². The number of hydrogen-bond donors (Lipinski definition) is 4. The summed E-state index contributed by atoms with van der Waals surface area (Å²) in [5.74, 6) is -0.541. The van der Waals surface area contributed by atoms with Crippen LogP contribution in [0.25, 0.3) is 0 Å². The minimum atomic E-state index is -0.206. The molecule has 0 saturated carbocycles. The number of para-hydroxylation sites is 1. The fourth-order valence-electron chi connectivity index (χ4n) is 2.61. The highest BCUT2D eigenvalue weighted by Crippen LogP contribution is 2.24. The molecular formula is C20H25N4O3S+. The summed E-state index contributed by atoms with van der Waals surface area (Å²) in [6, 6.07) is 14.2. The minimum Gasteiger partial charge on any atom is -0.355 e. The van der Waals surface area contributed by atoms with E-state index in [1.807, 2.05) is 30.5 Å². The maximum absolute atomic E-state index is 12.2. The second kappa shape index (κ2) is 10.5. The summed E-state index contributed by atoms with van der Waals surface area (Å²) < 4.78 is 0. The molecule has 148 valence electrons. The van der Waals surface area contributed by atoms with E-state index in [1.165, 1.54) is 0 Å². The third-order valence-corrected chi connectivity index (χ3v) is 4.76. The van der Waals surface area contributed by atoms with Crippen molar-refractivity contribution in [3.8, 4) is 0 Å². The highest BCUT2D eigenvalue weighted by atomic mass is 32.2. The van der Waals surface area contributed by atoms with Crippen molar-refractivity contribution in [3.05, 3.63) is 54.1 Å². The van der Waals surface area contributed by atoms with E-state index in [4.69, 9.17) is 0 Å². The van der Waals surface area contributed by atoms with Crippen molar-refractivity contribution in [1.29, 1.82) is 0 Å². The fraction of sp³-hybridized carbons (Fsp3) is 0.250. The number of quaternary nitrogens is 1. The van der Waals surface area contributed by atoms with Crippen molar-refractivity contribution in [2.75, 3.05) is 44.1 Å². The normalized spacial score (nSPS) is 11.4. The molecule has 2 rings (SSSR count). The molecule has 3 amide bonds. The van der Waals surface area contributed by atoms with Crippen LogP contribution in [0.2, 0.25) is 0 Å². The molecule has 2 aromatic carbocycles. The molecule has 0 spiro atoms. The fourth-order valence-corrected chi connectivity index (χ4v) is 3.16. The molecule has 4 N–H and O–H groups in total. The number of carbonyl (C=O) groups is 3. The lowest BCUT2D eigenvalue weighted by atomic mass is 10.2. The number of nitrogens with one attached hydrogen (secondary N) is 4. The first kappa shape index (κ1) is 21.5. The zero-order valence-corrected chi connectivity index (χ0v) is 17.0. The van der Waals surface area contributed by atoms with Crippen LogP contribution in [-0.4, -0.2) is 51.2 Å². The van der Waals surface area contributed by atoms with Gasteiger partial charge in [-0.1, -0.05) is 12.1 Å². The topological polar surface area (TPSA) is 91.7 Å². The molecule has 0 aromatic heterocycles. The largest absolute Gasteiger partial charge is 0.355 e. The van der Waals surface area contributed by atoms with Crippen LogP contribution in [0.4, 0.5) is 11.4 Å². The van der Waals surface area contributed by atoms with Gasteiger partial charge in [0.1, 0.15) is 0 Å². The summed E-state index contributed by atoms with van der Waals surface area (Å²) >= 11 is 1.56.